The van der Waals surface area contributed by atoms with E-state index >= 15 is 0 Å². The number of fused-ring (bicyclic) bond motifs is 1. The van der Waals surface area contributed by atoms with Gasteiger partial charge in [0.05, 0.1) is 14.2 Å². The molecule has 0 fully saturated rings. The molecule has 1 heterocycles. The zero-order valence-corrected chi connectivity index (χ0v) is 14.6. The lowest BCUT2D eigenvalue weighted by atomic mass is 10.0. The fourth-order valence-electron chi connectivity index (χ4n) is 2.86. The lowest BCUT2D eigenvalue weighted by Gasteiger charge is -2.16. The Morgan fingerprint density at radius 1 is 1.12 bits per heavy atom. The summed E-state index contributed by atoms with van der Waals surface area (Å²) in [6.45, 7) is 0. The number of ether oxygens (including phenoxy) is 2. The molecule has 0 aliphatic rings. The molecule has 0 aliphatic heterocycles. The second-order valence-electron chi connectivity index (χ2n) is 5.84. The van der Waals surface area contributed by atoms with Crippen LogP contribution >= 0.6 is 0 Å². The molecule has 0 saturated carbocycles. The van der Waals surface area contributed by atoms with E-state index in [-0.39, 0.29) is 5.91 Å². The number of rotatable bonds is 6. The molecule has 0 unspecified atom stereocenters. The number of hydrogen-bond acceptors (Lipinski definition) is 4. The van der Waals surface area contributed by atoms with E-state index < -0.39 is 12.0 Å². The summed E-state index contributed by atoms with van der Waals surface area (Å²) in [6.07, 6.45) is 2.17. The van der Waals surface area contributed by atoms with Crippen molar-refractivity contribution in [1.82, 2.24) is 10.3 Å². The van der Waals surface area contributed by atoms with Gasteiger partial charge in [-0.2, -0.15) is 0 Å². The topological polar surface area (TPSA) is 80.4 Å². The Kier molecular flexibility index (Phi) is 5.22. The minimum Gasteiger partial charge on any atom is -0.497 e. The molecular weight excluding hydrogens is 332 g/mol. The summed E-state index contributed by atoms with van der Waals surface area (Å²) in [5.74, 6) is -0.283. The van der Waals surface area contributed by atoms with E-state index in [1.54, 1.807) is 24.3 Å². The SMILES string of the molecule is COC(=O)[C@H](Cc1c[nH]c2ccccc12)NC(=O)c1cccc(OC)c1. The fourth-order valence-corrected chi connectivity index (χ4v) is 2.86. The van der Waals surface area contributed by atoms with Crippen LogP contribution in [0.2, 0.25) is 0 Å². The minimum absolute atomic E-state index is 0.326. The van der Waals surface area contributed by atoms with Crippen LogP contribution in [0, 0.1) is 0 Å². The molecule has 1 aromatic heterocycles. The zero-order valence-electron chi connectivity index (χ0n) is 14.6. The van der Waals surface area contributed by atoms with Gasteiger partial charge in [-0.15, -0.1) is 0 Å². The van der Waals surface area contributed by atoms with E-state index in [2.05, 4.69) is 10.3 Å². The standard InChI is InChI=1S/C20H20N2O4/c1-25-15-7-5-6-13(10-15)19(23)22-18(20(24)26-2)11-14-12-21-17-9-4-3-8-16(14)17/h3-10,12,18,21H,11H2,1-2H3,(H,22,23)/t18-/m0/s1. The highest BCUT2D eigenvalue weighted by molar-refractivity contribution is 5.97. The van der Waals surface area contributed by atoms with Crippen molar-refractivity contribution in [3.63, 3.8) is 0 Å². The lowest BCUT2D eigenvalue weighted by molar-refractivity contribution is -0.142. The van der Waals surface area contributed by atoms with Crippen LogP contribution in [0.4, 0.5) is 0 Å². The van der Waals surface area contributed by atoms with Gasteiger partial charge in [0, 0.05) is 29.1 Å². The number of amides is 1. The third-order valence-electron chi connectivity index (χ3n) is 4.22. The van der Waals surface area contributed by atoms with E-state index in [1.165, 1.54) is 14.2 Å². The zero-order chi connectivity index (χ0) is 18.5. The van der Waals surface area contributed by atoms with Crippen molar-refractivity contribution < 1.29 is 19.1 Å². The molecule has 1 amide bonds. The predicted molar refractivity (Wildman–Crippen MR) is 98.3 cm³/mol. The molecule has 26 heavy (non-hydrogen) atoms. The van der Waals surface area contributed by atoms with Crippen molar-refractivity contribution in [3.8, 4) is 5.75 Å². The predicted octanol–water partition coefficient (Wildman–Crippen LogP) is 2.69. The maximum absolute atomic E-state index is 12.6. The Hall–Kier alpha value is -3.28. The molecule has 3 rings (SSSR count). The van der Waals surface area contributed by atoms with Crippen LogP contribution in [0.1, 0.15) is 15.9 Å². The summed E-state index contributed by atoms with van der Waals surface area (Å²) in [7, 11) is 2.84. The third kappa shape index (κ3) is 3.69. The summed E-state index contributed by atoms with van der Waals surface area (Å²) in [5.41, 5.74) is 2.32. The van der Waals surface area contributed by atoms with Crippen LogP contribution in [0.15, 0.2) is 54.7 Å². The Labute approximate surface area is 151 Å². The average Bonchev–Trinajstić information content (AvgIpc) is 3.09. The first-order chi connectivity index (χ1) is 12.6. The first kappa shape index (κ1) is 17.5. The molecule has 0 bridgehead atoms. The van der Waals surface area contributed by atoms with Gasteiger partial charge in [0.1, 0.15) is 11.8 Å². The first-order valence-corrected chi connectivity index (χ1v) is 8.20. The molecule has 6 heteroatoms. The Morgan fingerprint density at radius 2 is 1.92 bits per heavy atom. The number of benzene rings is 2. The number of carbonyl (C=O) groups is 2. The Morgan fingerprint density at radius 3 is 2.69 bits per heavy atom. The molecule has 3 aromatic rings. The molecule has 1 atom stereocenters. The van der Waals surface area contributed by atoms with Crippen molar-refractivity contribution in [3.05, 3.63) is 65.9 Å². The monoisotopic (exact) mass is 352 g/mol. The number of carbonyl (C=O) groups excluding carboxylic acids is 2. The van der Waals surface area contributed by atoms with E-state index in [0.29, 0.717) is 17.7 Å². The average molecular weight is 352 g/mol. The van der Waals surface area contributed by atoms with Crippen LogP contribution in [-0.4, -0.2) is 37.1 Å². The summed E-state index contributed by atoms with van der Waals surface area (Å²) in [6, 6.07) is 13.8. The van der Waals surface area contributed by atoms with E-state index in [9.17, 15) is 9.59 Å². The second kappa shape index (κ2) is 7.74. The van der Waals surface area contributed by atoms with Crippen LogP contribution in [0.5, 0.6) is 5.75 Å². The number of esters is 1. The summed E-state index contributed by atoms with van der Waals surface area (Å²) in [5, 5.41) is 3.77. The maximum Gasteiger partial charge on any atom is 0.328 e. The molecule has 0 radical (unpaired) electrons. The van der Waals surface area contributed by atoms with Crippen LogP contribution in [0.25, 0.3) is 10.9 Å². The first-order valence-electron chi connectivity index (χ1n) is 8.20. The summed E-state index contributed by atoms with van der Waals surface area (Å²) in [4.78, 5) is 27.9. The third-order valence-corrected chi connectivity index (χ3v) is 4.22. The van der Waals surface area contributed by atoms with Gasteiger partial charge in [0.2, 0.25) is 0 Å². The van der Waals surface area contributed by atoms with Crippen LogP contribution in [-0.2, 0) is 16.0 Å². The number of nitrogens with one attached hydrogen (secondary N) is 2. The number of aromatic amines is 1. The Balaban J connectivity index is 1.82. The van der Waals surface area contributed by atoms with Gasteiger partial charge in [-0.1, -0.05) is 24.3 Å². The highest BCUT2D eigenvalue weighted by Crippen LogP contribution is 2.20. The minimum atomic E-state index is -0.794. The van der Waals surface area contributed by atoms with Crippen molar-refractivity contribution >= 4 is 22.8 Å². The number of para-hydroxylation sites is 1. The lowest BCUT2D eigenvalue weighted by Crippen LogP contribution is -2.43. The summed E-state index contributed by atoms with van der Waals surface area (Å²) < 4.78 is 10.0. The van der Waals surface area contributed by atoms with Crippen molar-refractivity contribution in [2.45, 2.75) is 12.5 Å². The highest BCUT2D eigenvalue weighted by Gasteiger charge is 2.24. The van der Waals surface area contributed by atoms with Gasteiger partial charge in [-0.05, 0) is 29.8 Å². The maximum atomic E-state index is 12.6. The van der Waals surface area contributed by atoms with E-state index in [4.69, 9.17) is 9.47 Å². The van der Waals surface area contributed by atoms with E-state index in [0.717, 1.165) is 16.5 Å². The number of H-pyrrole nitrogens is 1. The molecule has 0 spiro atoms. The molecular formula is C20H20N2O4. The largest absolute Gasteiger partial charge is 0.497 e. The van der Waals surface area contributed by atoms with Crippen molar-refractivity contribution in [2.75, 3.05) is 14.2 Å². The van der Waals surface area contributed by atoms with Gasteiger partial charge in [-0.25, -0.2) is 4.79 Å². The second-order valence-corrected chi connectivity index (χ2v) is 5.84. The molecule has 0 aliphatic carbocycles. The van der Waals surface area contributed by atoms with Crippen LogP contribution in [0.3, 0.4) is 0 Å². The fraction of sp³-hybridized carbons (Fsp3) is 0.200. The number of methoxy groups -OCH3 is 2. The molecule has 6 nitrogen and oxygen atoms in total. The molecule has 2 N–H and O–H groups in total. The highest BCUT2D eigenvalue weighted by atomic mass is 16.5. The normalized spacial score (nSPS) is 11.8. The number of aromatic nitrogens is 1. The summed E-state index contributed by atoms with van der Waals surface area (Å²) >= 11 is 0. The smallest absolute Gasteiger partial charge is 0.328 e. The van der Waals surface area contributed by atoms with Gasteiger partial charge in [-0.3, -0.25) is 4.79 Å². The molecule has 134 valence electrons. The quantitative estimate of drug-likeness (QED) is 0.669. The van der Waals surface area contributed by atoms with Gasteiger partial charge < -0.3 is 19.8 Å². The van der Waals surface area contributed by atoms with Gasteiger partial charge in [0.15, 0.2) is 0 Å². The van der Waals surface area contributed by atoms with Crippen molar-refractivity contribution in [2.24, 2.45) is 0 Å². The number of hydrogen-bond donors (Lipinski definition) is 2. The molecule has 2 aromatic carbocycles. The molecule has 0 saturated heterocycles. The Bertz CT molecular complexity index is 932. The van der Waals surface area contributed by atoms with E-state index in [1.807, 2.05) is 30.5 Å². The van der Waals surface area contributed by atoms with Gasteiger partial charge in [0.25, 0.3) is 5.91 Å². The van der Waals surface area contributed by atoms with Gasteiger partial charge >= 0.3 is 5.97 Å². The van der Waals surface area contributed by atoms with Crippen LogP contribution < -0.4 is 10.1 Å². The van der Waals surface area contributed by atoms with Crippen molar-refractivity contribution in [1.29, 1.82) is 0 Å².